The number of benzene rings is 3. The number of anilines is 1. The van der Waals surface area contributed by atoms with Gasteiger partial charge in [0.05, 0.1) is 5.69 Å². The van der Waals surface area contributed by atoms with Gasteiger partial charge in [-0.05, 0) is 47.4 Å². The van der Waals surface area contributed by atoms with Crippen LogP contribution in [0.2, 0.25) is 0 Å². The maximum absolute atomic E-state index is 5.89. The molecule has 0 fully saturated rings. The maximum atomic E-state index is 5.89. The second-order valence-corrected chi connectivity index (χ2v) is 8.06. The lowest BCUT2D eigenvalue weighted by molar-refractivity contribution is 0.217. The Balaban J connectivity index is 1.41. The summed E-state index contributed by atoms with van der Waals surface area (Å²) >= 11 is 0. The molecule has 0 radical (unpaired) electrons. The van der Waals surface area contributed by atoms with Gasteiger partial charge < -0.3 is 19.5 Å². The quantitative estimate of drug-likeness (QED) is 0.424. The Morgan fingerprint density at radius 1 is 0.633 bits per heavy atom. The van der Waals surface area contributed by atoms with E-state index in [2.05, 4.69) is 38.2 Å². The van der Waals surface area contributed by atoms with Crippen LogP contribution in [0.5, 0.6) is 17.2 Å². The molecule has 3 rings (SSSR count). The number of rotatable bonds is 10. The average molecular weight is 406 g/mol. The van der Waals surface area contributed by atoms with E-state index in [1.807, 2.05) is 66.7 Å². The molecule has 0 saturated carbocycles. The Bertz CT molecular complexity index is 886. The van der Waals surface area contributed by atoms with Crippen molar-refractivity contribution in [1.82, 2.24) is 0 Å². The van der Waals surface area contributed by atoms with Gasteiger partial charge in [-0.25, -0.2) is 0 Å². The lowest BCUT2D eigenvalue weighted by Gasteiger charge is -2.19. The summed E-state index contributed by atoms with van der Waals surface area (Å²) in [5, 5.41) is 3.39. The summed E-state index contributed by atoms with van der Waals surface area (Å²) in [6.07, 6.45) is 0. The number of hydrogen-bond donors (Lipinski definition) is 1. The molecule has 4 nitrogen and oxygen atoms in total. The zero-order valence-electron chi connectivity index (χ0n) is 18.1. The molecule has 3 aromatic rings. The van der Waals surface area contributed by atoms with Gasteiger partial charge in [0.1, 0.15) is 37.1 Å². The minimum absolute atomic E-state index is 0.149. The third-order valence-electron chi connectivity index (χ3n) is 4.65. The van der Waals surface area contributed by atoms with Gasteiger partial charge in [-0.15, -0.1) is 0 Å². The topological polar surface area (TPSA) is 39.7 Å². The SMILES string of the molecule is CC(C)(C)c1ccc(OCCNc2ccccc2OCCOc2ccccc2)cc1. The molecule has 158 valence electrons. The summed E-state index contributed by atoms with van der Waals surface area (Å²) in [6, 6.07) is 26.0. The Morgan fingerprint density at radius 2 is 1.23 bits per heavy atom. The largest absolute Gasteiger partial charge is 0.492 e. The second-order valence-electron chi connectivity index (χ2n) is 8.06. The predicted octanol–water partition coefficient (Wildman–Crippen LogP) is 5.93. The fourth-order valence-electron chi connectivity index (χ4n) is 2.97. The molecule has 0 aliphatic carbocycles. The lowest BCUT2D eigenvalue weighted by Crippen LogP contribution is -2.14. The van der Waals surface area contributed by atoms with Crippen molar-refractivity contribution in [3.8, 4) is 17.2 Å². The summed E-state index contributed by atoms with van der Waals surface area (Å²) < 4.78 is 17.4. The smallest absolute Gasteiger partial charge is 0.142 e. The van der Waals surface area contributed by atoms with E-state index < -0.39 is 0 Å². The highest BCUT2D eigenvalue weighted by Gasteiger charge is 2.12. The molecule has 0 amide bonds. The number of para-hydroxylation sites is 3. The minimum atomic E-state index is 0.149. The predicted molar refractivity (Wildman–Crippen MR) is 123 cm³/mol. The summed E-state index contributed by atoms with van der Waals surface area (Å²) in [5.41, 5.74) is 2.40. The molecule has 0 bridgehead atoms. The zero-order chi connectivity index (χ0) is 21.2. The monoisotopic (exact) mass is 405 g/mol. The van der Waals surface area contributed by atoms with Crippen LogP contribution in [0, 0.1) is 0 Å². The molecular weight excluding hydrogens is 374 g/mol. The molecule has 0 aromatic heterocycles. The Hall–Kier alpha value is -3.14. The van der Waals surface area contributed by atoms with Crippen LogP contribution in [0.3, 0.4) is 0 Å². The first-order valence-corrected chi connectivity index (χ1v) is 10.4. The highest BCUT2D eigenvalue weighted by molar-refractivity contribution is 5.56. The van der Waals surface area contributed by atoms with Crippen LogP contribution >= 0.6 is 0 Å². The number of nitrogens with one attached hydrogen (secondary N) is 1. The summed E-state index contributed by atoms with van der Waals surface area (Å²) in [4.78, 5) is 0. The second kappa shape index (κ2) is 10.6. The van der Waals surface area contributed by atoms with Crippen LogP contribution in [0.15, 0.2) is 78.9 Å². The fraction of sp³-hybridized carbons (Fsp3) is 0.308. The molecule has 4 heteroatoms. The van der Waals surface area contributed by atoms with E-state index >= 15 is 0 Å². The van der Waals surface area contributed by atoms with Crippen molar-refractivity contribution in [1.29, 1.82) is 0 Å². The van der Waals surface area contributed by atoms with Gasteiger partial charge in [-0.1, -0.05) is 63.2 Å². The molecule has 0 spiro atoms. The van der Waals surface area contributed by atoms with Crippen LogP contribution in [-0.4, -0.2) is 26.4 Å². The molecule has 0 aliphatic rings. The molecule has 0 unspecified atom stereocenters. The zero-order valence-corrected chi connectivity index (χ0v) is 18.1. The molecule has 1 N–H and O–H groups in total. The summed E-state index contributed by atoms with van der Waals surface area (Å²) in [7, 11) is 0. The molecule has 0 aliphatic heterocycles. The first kappa shape index (κ1) is 21.6. The van der Waals surface area contributed by atoms with Crippen molar-refractivity contribution >= 4 is 5.69 Å². The molecular formula is C26H31NO3. The average Bonchev–Trinajstić information content (AvgIpc) is 2.75. The van der Waals surface area contributed by atoms with Gasteiger partial charge in [0.25, 0.3) is 0 Å². The van der Waals surface area contributed by atoms with Crippen LogP contribution in [0.1, 0.15) is 26.3 Å². The third-order valence-corrected chi connectivity index (χ3v) is 4.65. The standard InChI is InChI=1S/C26H31NO3/c1-26(2,3)21-13-15-23(16-14-21)28-18-17-27-24-11-7-8-12-25(24)30-20-19-29-22-9-5-4-6-10-22/h4-16,27H,17-20H2,1-3H3. The number of hydrogen-bond acceptors (Lipinski definition) is 4. The van der Waals surface area contributed by atoms with Crippen LogP contribution in [0.4, 0.5) is 5.69 Å². The summed E-state index contributed by atoms with van der Waals surface area (Å²) in [5.74, 6) is 2.54. The van der Waals surface area contributed by atoms with Gasteiger partial charge in [0.15, 0.2) is 0 Å². The normalized spacial score (nSPS) is 11.0. The van der Waals surface area contributed by atoms with Crippen molar-refractivity contribution in [3.05, 3.63) is 84.4 Å². The number of ether oxygens (including phenoxy) is 3. The van der Waals surface area contributed by atoms with Gasteiger partial charge >= 0.3 is 0 Å². The van der Waals surface area contributed by atoms with E-state index in [1.54, 1.807) is 0 Å². The van der Waals surface area contributed by atoms with Crippen molar-refractivity contribution in [2.75, 3.05) is 31.7 Å². The highest BCUT2D eigenvalue weighted by Crippen LogP contribution is 2.25. The van der Waals surface area contributed by atoms with E-state index in [4.69, 9.17) is 14.2 Å². The third kappa shape index (κ3) is 6.73. The first-order chi connectivity index (χ1) is 14.5. The van der Waals surface area contributed by atoms with Crippen LogP contribution < -0.4 is 19.5 Å². The van der Waals surface area contributed by atoms with Gasteiger partial charge in [-0.2, -0.15) is 0 Å². The molecule has 30 heavy (non-hydrogen) atoms. The van der Waals surface area contributed by atoms with E-state index in [9.17, 15) is 0 Å². The van der Waals surface area contributed by atoms with Crippen molar-refractivity contribution in [3.63, 3.8) is 0 Å². The highest BCUT2D eigenvalue weighted by atomic mass is 16.5. The fourth-order valence-corrected chi connectivity index (χ4v) is 2.97. The molecule has 0 atom stereocenters. The maximum Gasteiger partial charge on any atom is 0.142 e. The van der Waals surface area contributed by atoms with Gasteiger partial charge in [0, 0.05) is 6.54 Å². The van der Waals surface area contributed by atoms with Crippen molar-refractivity contribution < 1.29 is 14.2 Å². The van der Waals surface area contributed by atoms with Gasteiger partial charge in [-0.3, -0.25) is 0 Å². The summed E-state index contributed by atoms with van der Waals surface area (Å²) in [6.45, 7) is 8.85. The van der Waals surface area contributed by atoms with Crippen LogP contribution in [-0.2, 0) is 5.41 Å². The van der Waals surface area contributed by atoms with Crippen molar-refractivity contribution in [2.45, 2.75) is 26.2 Å². The van der Waals surface area contributed by atoms with Crippen molar-refractivity contribution in [2.24, 2.45) is 0 Å². The minimum Gasteiger partial charge on any atom is -0.492 e. The van der Waals surface area contributed by atoms with E-state index in [0.717, 1.165) is 22.9 Å². The lowest BCUT2D eigenvalue weighted by atomic mass is 9.87. The first-order valence-electron chi connectivity index (χ1n) is 10.4. The Morgan fingerprint density at radius 3 is 1.97 bits per heavy atom. The Labute approximate surface area is 179 Å². The molecule has 0 heterocycles. The van der Waals surface area contributed by atoms with Gasteiger partial charge in [0.2, 0.25) is 0 Å². The molecule has 0 saturated heterocycles. The van der Waals surface area contributed by atoms with E-state index in [-0.39, 0.29) is 5.41 Å². The van der Waals surface area contributed by atoms with E-state index in [1.165, 1.54) is 5.56 Å². The Kier molecular flexibility index (Phi) is 7.61. The van der Waals surface area contributed by atoms with E-state index in [0.29, 0.717) is 26.4 Å². The molecule has 3 aromatic carbocycles. The van der Waals surface area contributed by atoms with Crippen LogP contribution in [0.25, 0.3) is 0 Å².